The number of rotatable bonds is 8. The molecule has 0 atom stereocenters. The van der Waals surface area contributed by atoms with Gasteiger partial charge in [0.2, 0.25) is 5.91 Å². The fourth-order valence-electron chi connectivity index (χ4n) is 1.46. The maximum Gasteiger partial charge on any atom is 0.303 e. The number of carboxylic acid groups (broad SMARTS) is 1. The lowest BCUT2D eigenvalue weighted by Crippen LogP contribution is -2.34. The molecular weight excluding hydrogens is 268 g/mol. The van der Waals surface area contributed by atoms with Gasteiger partial charge in [0, 0.05) is 18.0 Å². The first kappa shape index (κ1) is 15.5. The molecule has 0 bridgehead atoms. The van der Waals surface area contributed by atoms with Crippen molar-refractivity contribution in [2.45, 2.75) is 19.4 Å². The van der Waals surface area contributed by atoms with E-state index in [1.807, 2.05) is 18.2 Å². The fraction of sp³-hybridized carbons (Fsp3) is 0.385. The van der Waals surface area contributed by atoms with E-state index in [-0.39, 0.29) is 18.9 Å². The quantitative estimate of drug-likeness (QED) is 0.631. The molecule has 1 aromatic carbocycles. The van der Waals surface area contributed by atoms with E-state index < -0.39 is 5.97 Å². The van der Waals surface area contributed by atoms with Crippen molar-refractivity contribution in [1.82, 2.24) is 10.6 Å². The average molecular weight is 285 g/mol. The van der Waals surface area contributed by atoms with Gasteiger partial charge in [0.25, 0.3) is 0 Å². The van der Waals surface area contributed by atoms with Gasteiger partial charge in [0.15, 0.2) is 0 Å². The molecule has 0 saturated carbocycles. The van der Waals surface area contributed by atoms with E-state index in [1.165, 1.54) is 0 Å². The third kappa shape index (κ3) is 6.79. The first-order valence-corrected chi connectivity index (χ1v) is 6.40. The molecule has 1 amide bonds. The highest BCUT2D eigenvalue weighted by Gasteiger charge is 2.03. The highest BCUT2D eigenvalue weighted by molar-refractivity contribution is 6.31. The van der Waals surface area contributed by atoms with Crippen molar-refractivity contribution < 1.29 is 14.7 Å². The third-order valence-corrected chi connectivity index (χ3v) is 2.83. The number of hydrogen-bond donors (Lipinski definition) is 3. The highest BCUT2D eigenvalue weighted by atomic mass is 35.5. The van der Waals surface area contributed by atoms with Gasteiger partial charge in [-0.25, -0.2) is 0 Å². The summed E-state index contributed by atoms with van der Waals surface area (Å²) < 4.78 is 0. The molecular formula is C13H17ClN2O3. The number of carbonyl (C=O) groups excluding carboxylic acids is 1. The standard InChI is InChI=1S/C13H17ClN2O3/c14-11-5-2-1-4-10(11)8-16-12(17)9-15-7-3-6-13(18)19/h1-2,4-5,15H,3,6-9H2,(H,16,17)(H,18,19). The van der Waals surface area contributed by atoms with Gasteiger partial charge in [-0.15, -0.1) is 0 Å². The molecule has 5 nitrogen and oxygen atoms in total. The molecule has 1 rings (SSSR count). The normalized spacial score (nSPS) is 10.2. The Morgan fingerprint density at radius 2 is 2.00 bits per heavy atom. The zero-order valence-corrected chi connectivity index (χ0v) is 11.2. The number of amides is 1. The lowest BCUT2D eigenvalue weighted by atomic mass is 10.2. The van der Waals surface area contributed by atoms with E-state index >= 15 is 0 Å². The number of halogens is 1. The van der Waals surface area contributed by atoms with Crippen molar-refractivity contribution in [3.63, 3.8) is 0 Å². The van der Waals surface area contributed by atoms with Crippen LogP contribution in [0.4, 0.5) is 0 Å². The number of carboxylic acids is 1. The first-order chi connectivity index (χ1) is 9.09. The Balaban J connectivity index is 2.15. The van der Waals surface area contributed by atoms with E-state index in [4.69, 9.17) is 16.7 Å². The molecule has 19 heavy (non-hydrogen) atoms. The van der Waals surface area contributed by atoms with Gasteiger partial charge in [-0.3, -0.25) is 9.59 Å². The SMILES string of the molecule is O=C(O)CCCNCC(=O)NCc1ccccc1Cl. The van der Waals surface area contributed by atoms with Crippen LogP contribution >= 0.6 is 11.6 Å². The summed E-state index contributed by atoms with van der Waals surface area (Å²) in [6.07, 6.45) is 0.612. The molecule has 0 saturated heterocycles. The molecule has 104 valence electrons. The summed E-state index contributed by atoms with van der Waals surface area (Å²) in [6, 6.07) is 7.31. The maximum atomic E-state index is 11.5. The molecule has 0 aromatic heterocycles. The minimum absolute atomic E-state index is 0.105. The molecule has 0 aliphatic carbocycles. The van der Waals surface area contributed by atoms with E-state index in [1.54, 1.807) is 6.07 Å². The van der Waals surface area contributed by atoms with Gasteiger partial charge < -0.3 is 15.7 Å². The Hall–Kier alpha value is -1.59. The van der Waals surface area contributed by atoms with Gasteiger partial charge >= 0.3 is 5.97 Å². The Labute approximate surface area is 117 Å². The summed E-state index contributed by atoms with van der Waals surface area (Å²) in [5.74, 6) is -0.972. The molecule has 0 aliphatic heterocycles. The van der Waals surface area contributed by atoms with Crippen molar-refractivity contribution in [2.75, 3.05) is 13.1 Å². The second-order valence-electron chi connectivity index (χ2n) is 4.04. The molecule has 0 radical (unpaired) electrons. The molecule has 0 spiro atoms. The van der Waals surface area contributed by atoms with Gasteiger partial charge in [-0.2, -0.15) is 0 Å². The summed E-state index contributed by atoms with van der Waals surface area (Å²) in [4.78, 5) is 21.8. The monoisotopic (exact) mass is 284 g/mol. The predicted molar refractivity (Wildman–Crippen MR) is 73.0 cm³/mol. The van der Waals surface area contributed by atoms with E-state index in [0.29, 0.717) is 24.5 Å². The average Bonchev–Trinajstić information content (AvgIpc) is 2.37. The summed E-state index contributed by atoms with van der Waals surface area (Å²) >= 11 is 5.96. The Bertz CT molecular complexity index is 438. The van der Waals surface area contributed by atoms with Crippen molar-refractivity contribution in [1.29, 1.82) is 0 Å². The van der Waals surface area contributed by atoms with Crippen molar-refractivity contribution in [2.24, 2.45) is 0 Å². The topological polar surface area (TPSA) is 78.4 Å². The summed E-state index contributed by atoms with van der Waals surface area (Å²) in [7, 11) is 0. The van der Waals surface area contributed by atoms with Crippen LogP contribution in [-0.2, 0) is 16.1 Å². The lowest BCUT2D eigenvalue weighted by Gasteiger charge is -2.07. The largest absolute Gasteiger partial charge is 0.481 e. The third-order valence-electron chi connectivity index (χ3n) is 2.46. The number of carbonyl (C=O) groups is 2. The highest BCUT2D eigenvalue weighted by Crippen LogP contribution is 2.13. The second-order valence-corrected chi connectivity index (χ2v) is 4.45. The van der Waals surface area contributed by atoms with Gasteiger partial charge in [-0.05, 0) is 24.6 Å². The van der Waals surface area contributed by atoms with Crippen molar-refractivity contribution in [3.05, 3.63) is 34.9 Å². The van der Waals surface area contributed by atoms with Crippen molar-refractivity contribution >= 4 is 23.5 Å². The van der Waals surface area contributed by atoms with E-state index in [2.05, 4.69) is 10.6 Å². The van der Waals surface area contributed by atoms with Crippen LogP contribution in [0.3, 0.4) is 0 Å². The molecule has 0 heterocycles. The minimum atomic E-state index is -0.829. The summed E-state index contributed by atoms with van der Waals surface area (Å²) in [6.45, 7) is 1.06. The maximum absolute atomic E-state index is 11.5. The van der Waals surface area contributed by atoms with Crippen LogP contribution in [0.2, 0.25) is 5.02 Å². The van der Waals surface area contributed by atoms with Crippen LogP contribution in [0.15, 0.2) is 24.3 Å². The number of nitrogens with one attached hydrogen (secondary N) is 2. The van der Waals surface area contributed by atoms with Crippen LogP contribution in [0, 0.1) is 0 Å². The van der Waals surface area contributed by atoms with E-state index in [0.717, 1.165) is 5.56 Å². The summed E-state index contributed by atoms with van der Waals surface area (Å²) in [5.41, 5.74) is 0.864. The number of benzene rings is 1. The smallest absolute Gasteiger partial charge is 0.303 e. The zero-order valence-electron chi connectivity index (χ0n) is 10.5. The Morgan fingerprint density at radius 3 is 2.68 bits per heavy atom. The van der Waals surface area contributed by atoms with Crippen LogP contribution < -0.4 is 10.6 Å². The van der Waals surface area contributed by atoms with E-state index in [9.17, 15) is 9.59 Å². The second kappa shape index (κ2) is 8.50. The molecule has 1 aromatic rings. The van der Waals surface area contributed by atoms with Crippen LogP contribution in [0.5, 0.6) is 0 Å². The molecule has 6 heteroatoms. The Morgan fingerprint density at radius 1 is 1.26 bits per heavy atom. The number of hydrogen-bond acceptors (Lipinski definition) is 3. The van der Waals surface area contributed by atoms with Crippen LogP contribution in [0.1, 0.15) is 18.4 Å². The fourth-order valence-corrected chi connectivity index (χ4v) is 1.67. The molecule has 0 unspecified atom stereocenters. The molecule has 0 fully saturated rings. The van der Waals surface area contributed by atoms with Gasteiger partial charge in [-0.1, -0.05) is 29.8 Å². The summed E-state index contributed by atoms with van der Waals surface area (Å²) in [5, 5.41) is 14.7. The Kier molecular flexibility index (Phi) is 6.92. The van der Waals surface area contributed by atoms with Crippen molar-refractivity contribution in [3.8, 4) is 0 Å². The van der Waals surface area contributed by atoms with Gasteiger partial charge in [0.05, 0.1) is 6.54 Å². The molecule has 0 aliphatic rings. The zero-order chi connectivity index (χ0) is 14.1. The predicted octanol–water partition coefficient (Wildman–Crippen LogP) is 1.41. The first-order valence-electron chi connectivity index (χ1n) is 6.02. The molecule has 3 N–H and O–H groups in total. The van der Waals surface area contributed by atoms with Crippen LogP contribution in [-0.4, -0.2) is 30.1 Å². The van der Waals surface area contributed by atoms with Gasteiger partial charge in [0.1, 0.15) is 0 Å². The number of aliphatic carboxylic acids is 1. The minimum Gasteiger partial charge on any atom is -0.481 e. The van der Waals surface area contributed by atoms with Crippen LogP contribution in [0.25, 0.3) is 0 Å². The lowest BCUT2D eigenvalue weighted by molar-refractivity contribution is -0.137.